The lowest BCUT2D eigenvalue weighted by molar-refractivity contribution is 0.132. The Hall–Kier alpha value is -0.686. The molecular formula is C34H60O2Si2. The Morgan fingerprint density at radius 2 is 1.37 bits per heavy atom. The Labute approximate surface area is 238 Å². The monoisotopic (exact) mass is 556 g/mol. The molecule has 216 valence electrons. The molecule has 0 N–H and O–H groups in total. The SMILES string of the molecule is C=C1[C@H](O[Si](C)(C)C(C)(C)C)CC(=C/C=C2/CCC[C@]3(C)C(=C(C)C)CCC23)C[C@H]1O[Si](C)(C)C(C)(C)C. The standard InChI is InChI=1S/C34H60O2Si2/c1-24(2)28-19-20-29-27(16-15-21-34(28,29)10)18-17-26-22-30(35-37(11,12)32(4,5)6)25(3)31(23-26)36-38(13,14)33(7,8)9/h17-18,29-31H,3,15-16,19-23H2,1-2,4-14H3/b27-18-/t29?,30-,31-,34-/m1/s1. The highest BCUT2D eigenvalue weighted by atomic mass is 28.4. The van der Waals surface area contributed by atoms with Gasteiger partial charge in [0.15, 0.2) is 16.6 Å². The van der Waals surface area contributed by atoms with Crippen LogP contribution in [0.15, 0.2) is 46.6 Å². The second kappa shape index (κ2) is 10.9. The summed E-state index contributed by atoms with van der Waals surface area (Å²) in [6.07, 6.45) is 13.5. The number of hydrogen-bond acceptors (Lipinski definition) is 2. The molecule has 0 aliphatic heterocycles. The normalized spacial score (nSPS) is 30.6. The van der Waals surface area contributed by atoms with E-state index in [0.717, 1.165) is 12.8 Å². The summed E-state index contributed by atoms with van der Waals surface area (Å²) in [6.45, 7) is 35.3. The third-order valence-electron chi connectivity index (χ3n) is 11.1. The van der Waals surface area contributed by atoms with Gasteiger partial charge in [-0.15, -0.1) is 0 Å². The molecule has 0 radical (unpaired) electrons. The summed E-state index contributed by atoms with van der Waals surface area (Å²) in [4.78, 5) is 0. The minimum Gasteiger partial charge on any atom is -0.410 e. The summed E-state index contributed by atoms with van der Waals surface area (Å²) in [5.41, 5.74) is 7.97. The Morgan fingerprint density at radius 1 is 0.868 bits per heavy atom. The molecular weight excluding hydrogens is 497 g/mol. The molecule has 0 spiro atoms. The zero-order valence-corrected chi connectivity index (χ0v) is 29.4. The van der Waals surface area contributed by atoms with Crippen LogP contribution in [-0.2, 0) is 8.85 Å². The molecule has 4 atom stereocenters. The van der Waals surface area contributed by atoms with Gasteiger partial charge in [0.2, 0.25) is 0 Å². The Morgan fingerprint density at radius 3 is 1.82 bits per heavy atom. The van der Waals surface area contributed by atoms with E-state index >= 15 is 0 Å². The van der Waals surface area contributed by atoms with Gasteiger partial charge in [-0.1, -0.05) is 89.5 Å². The van der Waals surface area contributed by atoms with Crippen molar-refractivity contribution in [1.29, 1.82) is 0 Å². The predicted molar refractivity (Wildman–Crippen MR) is 172 cm³/mol. The highest BCUT2D eigenvalue weighted by Crippen LogP contribution is 2.58. The molecule has 0 saturated heterocycles. The van der Waals surface area contributed by atoms with Crippen LogP contribution < -0.4 is 0 Å². The number of allylic oxidation sites excluding steroid dienone is 5. The van der Waals surface area contributed by atoms with Gasteiger partial charge in [0, 0.05) is 0 Å². The molecule has 0 aromatic rings. The number of fused-ring (bicyclic) bond motifs is 1. The van der Waals surface area contributed by atoms with Gasteiger partial charge in [-0.3, -0.25) is 0 Å². The minimum atomic E-state index is -1.94. The maximum atomic E-state index is 7.04. The molecule has 0 heterocycles. The Balaban J connectivity index is 1.94. The van der Waals surface area contributed by atoms with Crippen molar-refractivity contribution < 1.29 is 8.85 Å². The van der Waals surface area contributed by atoms with Crippen molar-refractivity contribution in [2.45, 2.75) is 156 Å². The summed E-state index contributed by atoms with van der Waals surface area (Å²) in [5.74, 6) is 0.704. The molecule has 0 aromatic heterocycles. The van der Waals surface area contributed by atoms with Crippen molar-refractivity contribution in [3.05, 3.63) is 46.6 Å². The van der Waals surface area contributed by atoms with Crippen LogP contribution in [0, 0.1) is 11.3 Å². The smallest absolute Gasteiger partial charge is 0.192 e. The van der Waals surface area contributed by atoms with E-state index in [4.69, 9.17) is 8.85 Å². The maximum Gasteiger partial charge on any atom is 0.192 e. The molecule has 0 aromatic carbocycles. The fourth-order valence-corrected chi connectivity index (χ4v) is 9.17. The first kappa shape index (κ1) is 31.8. The summed E-state index contributed by atoms with van der Waals surface area (Å²) < 4.78 is 14.1. The Kier molecular flexibility index (Phi) is 9.17. The van der Waals surface area contributed by atoms with Crippen LogP contribution in [0.3, 0.4) is 0 Å². The third-order valence-corrected chi connectivity index (χ3v) is 20.1. The van der Waals surface area contributed by atoms with E-state index in [1.165, 1.54) is 43.3 Å². The van der Waals surface area contributed by atoms with Crippen molar-refractivity contribution in [3.63, 3.8) is 0 Å². The predicted octanol–water partition coefficient (Wildman–Crippen LogP) is 10.9. The summed E-state index contributed by atoms with van der Waals surface area (Å²) in [5, 5.41) is 0.341. The second-order valence-corrected chi connectivity index (χ2v) is 25.6. The fourth-order valence-electron chi connectivity index (χ4n) is 6.57. The molecule has 0 amide bonds. The van der Waals surface area contributed by atoms with Crippen molar-refractivity contribution in [2.24, 2.45) is 11.3 Å². The lowest BCUT2D eigenvalue weighted by Crippen LogP contribution is -2.49. The zero-order chi connectivity index (χ0) is 28.9. The average molecular weight is 557 g/mol. The molecule has 3 saturated carbocycles. The van der Waals surface area contributed by atoms with Crippen molar-refractivity contribution in [3.8, 4) is 0 Å². The number of rotatable bonds is 5. The molecule has 4 heteroatoms. The lowest BCUT2D eigenvalue weighted by atomic mass is 9.65. The van der Waals surface area contributed by atoms with E-state index in [2.05, 4.69) is 107 Å². The highest BCUT2D eigenvalue weighted by Gasteiger charge is 2.47. The first-order chi connectivity index (χ1) is 17.2. The second-order valence-electron chi connectivity index (χ2n) is 16.1. The molecule has 38 heavy (non-hydrogen) atoms. The average Bonchev–Trinajstić information content (AvgIpc) is 3.11. The fraction of sp³-hybridized carbons (Fsp3) is 0.765. The molecule has 1 unspecified atom stereocenters. The van der Waals surface area contributed by atoms with E-state index in [1.807, 2.05) is 0 Å². The van der Waals surface area contributed by atoms with Crippen LogP contribution in [0.5, 0.6) is 0 Å². The summed E-state index contributed by atoms with van der Waals surface area (Å²) >= 11 is 0. The lowest BCUT2D eigenvalue weighted by Gasteiger charge is -2.46. The first-order valence-electron chi connectivity index (χ1n) is 15.3. The third kappa shape index (κ3) is 6.45. The van der Waals surface area contributed by atoms with E-state index < -0.39 is 16.6 Å². The zero-order valence-electron chi connectivity index (χ0n) is 27.4. The van der Waals surface area contributed by atoms with Gasteiger partial charge in [-0.25, -0.2) is 0 Å². The van der Waals surface area contributed by atoms with Gasteiger partial charge in [-0.05, 0) is 112 Å². The van der Waals surface area contributed by atoms with Gasteiger partial charge >= 0.3 is 0 Å². The summed E-state index contributed by atoms with van der Waals surface area (Å²) in [6, 6.07) is 0. The number of hydrogen-bond donors (Lipinski definition) is 0. The largest absolute Gasteiger partial charge is 0.410 e. The van der Waals surface area contributed by atoms with Gasteiger partial charge in [0.05, 0.1) is 12.2 Å². The molecule has 3 aliphatic carbocycles. The van der Waals surface area contributed by atoms with Crippen LogP contribution in [0.4, 0.5) is 0 Å². The summed E-state index contributed by atoms with van der Waals surface area (Å²) in [7, 11) is -3.89. The molecule has 3 rings (SSSR count). The van der Waals surface area contributed by atoms with Crippen LogP contribution >= 0.6 is 0 Å². The van der Waals surface area contributed by atoms with E-state index in [1.54, 1.807) is 16.7 Å². The molecule has 0 bridgehead atoms. The highest BCUT2D eigenvalue weighted by molar-refractivity contribution is 6.74. The molecule has 2 nitrogen and oxygen atoms in total. The Bertz CT molecular complexity index is 952. The van der Waals surface area contributed by atoms with Crippen LogP contribution in [0.25, 0.3) is 0 Å². The van der Waals surface area contributed by atoms with Gasteiger partial charge in [0.1, 0.15) is 0 Å². The van der Waals surface area contributed by atoms with Gasteiger partial charge in [0.25, 0.3) is 0 Å². The van der Waals surface area contributed by atoms with E-state index in [-0.39, 0.29) is 22.3 Å². The van der Waals surface area contributed by atoms with Crippen LogP contribution in [0.1, 0.15) is 107 Å². The quantitative estimate of drug-likeness (QED) is 0.248. The minimum absolute atomic E-state index is 0.0458. The van der Waals surface area contributed by atoms with Crippen molar-refractivity contribution in [1.82, 2.24) is 0 Å². The molecule has 3 aliphatic rings. The topological polar surface area (TPSA) is 18.5 Å². The van der Waals surface area contributed by atoms with Crippen LogP contribution in [0.2, 0.25) is 36.3 Å². The first-order valence-corrected chi connectivity index (χ1v) is 21.1. The van der Waals surface area contributed by atoms with Gasteiger partial charge < -0.3 is 8.85 Å². The van der Waals surface area contributed by atoms with E-state index in [0.29, 0.717) is 11.3 Å². The molecule has 3 fully saturated rings. The van der Waals surface area contributed by atoms with Gasteiger partial charge in [-0.2, -0.15) is 0 Å². The van der Waals surface area contributed by atoms with Crippen molar-refractivity contribution in [2.75, 3.05) is 0 Å². The van der Waals surface area contributed by atoms with Crippen molar-refractivity contribution >= 4 is 16.6 Å². The van der Waals surface area contributed by atoms with Crippen LogP contribution in [-0.4, -0.2) is 28.8 Å². The maximum absolute atomic E-state index is 7.04. The van der Waals surface area contributed by atoms with E-state index in [9.17, 15) is 0 Å².